The highest BCUT2D eigenvalue weighted by Crippen LogP contribution is 2.40. The maximum atomic E-state index is 4.56. The first-order valence-corrected chi connectivity index (χ1v) is 9.14. The van der Waals surface area contributed by atoms with Gasteiger partial charge in [0.1, 0.15) is 0 Å². The molecule has 0 saturated heterocycles. The van der Waals surface area contributed by atoms with Crippen molar-refractivity contribution in [2.75, 3.05) is 0 Å². The fourth-order valence-electron chi connectivity index (χ4n) is 3.34. The van der Waals surface area contributed by atoms with Crippen molar-refractivity contribution < 1.29 is 0 Å². The van der Waals surface area contributed by atoms with Crippen LogP contribution in [0.2, 0.25) is 0 Å². The number of hydrogen-bond acceptors (Lipinski definition) is 2. The minimum atomic E-state index is 1.01. The summed E-state index contributed by atoms with van der Waals surface area (Å²) in [6, 6.07) is 29.8. The molecule has 1 nitrogen and oxygen atoms in total. The summed E-state index contributed by atoms with van der Waals surface area (Å²) in [6.07, 6.45) is 1.91. The van der Waals surface area contributed by atoms with Gasteiger partial charge in [-0.1, -0.05) is 66.7 Å². The average Bonchev–Trinajstić information content (AvgIpc) is 3.07. The van der Waals surface area contributed by atoms with E-state index in [0.717, 1.165) is 11.3 Å². The van der Waals surface area contributed by atoms with Crippen LogP contribution in [0.5, 0.6) is 0 Å². The normalized spacial score (nSPS) is 11.2. The number of nitrogens with zero attached hydrogens (tertiary/aromatic N) is 1. The molecule has 0 spiro atoms. The van der Waals surface area contributed by atoms with Gasteiger partial charge in [-0.05, 0) is 29.3 Å². The molecule has 0 saturated carbocycles. The predicted octanol–water partition coefficient (Wildman–Crippen LogP) is 6.78. The minimum absolute atomic E-state index is 1.01. The summed E-state index contributed by atoms with van der Waals surface area (Å²) in [5, 5.41) is 2.66. The third-order valence-corrected chi connectivity index (χ3v) is 5.76. The molecule has 0 N–H and O–H groups in total. The minimum Gasteiger partial charge on any atom is -0.256 e. The molecule has 0 radical (unpaired) electrons. The van der Waals surface area contributed by atoms with Crippen LogP contribution in [0.25, 0.3) is 42.6 Å². The van der Waals surface area contributed by atoms with Crippen molar-refractivity contribution in [3.05, 3.63) is 91.1 Å². The molecule has 0 fully saturated rings. The summed E-state index contributed by atoms with van der Waals surface area (Å²) in [7, 11) is 0. The van der Waals surface area contributed by atoms with E-state index < -0.39 is 0 Å². The lowest BCUT2D eigenvalue weighted by atomic mass is 10.0. The molecule has 0 atom stereocenters. The highest BCUT2D eigenvalue weighted by atomic mass is 32.1. The first kappa shape index (κ1) is 14.4. The van der Waals surface area contributed by atoms with E-state index in [4.69, 9.17) is 0 Å². The number of aromatic nitrogens is 1. The van der Waals surface area contributed by atoms with Crippen molar-refractivity contribution in [3.8, 4) is 22.4 Å². The molecular weight excluding hydrogens is 322 g/mol. The largest absolute Gasteiger partial charge is 0.256 e. The Labute approximate surface area is 150 Å². The van der Waals surface area contributed by atoms with Gasteiger partial charge in [0.25, 0.3) is 0 Å². The number of benzene rings is 3. The zero-order chi connectivity index (χ0) is 16.6. The summed E-state index contributed by atoms with van der Waals surface area (Å²) in [5.74, 6) is 0. The van der Waals surface area contributed by atoms with Crippen LogP contribution in [0.4, 0.5) is 0 Å². The second-order valence-electron chi connectivity index (χ2n) is 6.08. The number of fused-ring (bicyclic) bond motifs is 3. The molecule has 118 valence electrons. The van der Waals surface area contributed by atoms with Crippen LogP contribution in [0.1, 0.15) is 0 Å². The third-order valence-electron chi connectivity index (χ3n) is 4.54. The van der Waals surface area contributed by atoms with Gasteiger partial charge in [0, 0.05) is 31.9 Å². The molecule has 0 amide bonds. The average molecular weight is 337 g/mol. The van der Waals surface area contributed by atoms with Crippen LogP contribution in [0.3, 0.4) is 0 Å². The fraction of sp³-hybridized carbons (Fsp3) is 0. The quantitative estimate of drug-likeness (QED) is 0.346. The van der Waals surface area contributed by atoms with Crippen LogP contribution in [0.15, 0.2) is 91.1 Å². The van der Waals surface area contributed by atoms with Crippen LogP contribution in [-0.2, 0) is 0 Å². The lowest BCUT2D eigenvalue weighted by molar-refractivity contribution is 1.33. The Bertz CT molecular complexity index is 1190. The topological polar surface area (TPSA) is 12.9 Å². The van der Waals surface area contributed by atoms with Gasteiger partial charge in [0.2, 0.25) is 0 Å². The smallest absolute Gasteiger partial charge is 0.0708 e. The maximum absolute atomic E-state index is 4.56. The fourth-order valence-corrected chi connectivity index (χ4v) is 4.58. The molecular formula is C23H15NS. The maximum Gasteiger partial charge on any atom is 0.0708 e. The highest BCUT2D eigenvalue weighted by Gasteiger charge is 2.10. The van der Waals surface area contributed by atoms with E-state index in [-0.39, 0.29) is 0 Å². The number of rotatable bonds is 2. The van der Waals surface area contributed by atoms with Crippen molar-refractivity contribution in [1.82, 2.24) is 4.98 Å². The van der Waals surface area contributed by atoms with Crippen molar-refractivity contribution in [2.24, 2.45) is 0 Å². The van der Waals surface area contributed by atoms with E-state index in [1.54, 1.807) is 0 Å². The predicted molar refractivity (Wildman–Crippen MR) is 108 cm³/mol. The third kappa shape index (κ3) is 2.43. The summed E-state index contributed by atoms with van der Waals surface area (Å²) >= 11 is 1.86. The Morgan fingerprint density at radius 3 is 2.36 bits per heavy atom. The molecule has 2 aromatic heterocycles. The molecule has 5 rings (SSSR count). The van der Waals surface area contributed by atoms with Crippen LogP contribution in [-0.4, -0.2) is 4.98 Å². The molecule has 0 unspecified atom stereocenters. The van der Waals surface area contributed by atoms with Crippen molar-refractivity contribution in [1.29, 1.82) is 0 Å². The lowest BCUT2D eigenvalue weighted by Gasteiger charge is -2.06. The van der Waals surface area contributed by atoms with Crippen molar-refractivity contribution in [2.45, 2.75) is 0 Å². The number of thiophene rings is 1. The van der Waals surface area contributed by atoms with E-state index >= 15 is 0 Å². The highest BCUT2D eigenvalue weighted by molar-refractivity contribution is 7.26. The van der Waals surface area contributed by atoms with Crippen LogP contribution >= 0.6 is 11.3 Å². The monoisotopic (exact) mass is 337 g/mol. The zero-order valence-electron chi connectivity index (χ0n) is 13.5. The second-order valence-corrected chi connectivity index (χ2v) is 7.13. The summed E-state index contributed by atoms with van der Waals surface area (Å²) < 4.78 is 2.68. The second kappa shape index (κ2) is 5.83. The van der Waals surface area contributed by atoms with Gasteiger partial charge in [0.05, 0.1) is 5.69 Å². The van der Waals surface area contributed by atoms with E-state index in [0.29, 0.717) is 0 Å². The molecule has 0 bridgehead atoms. The van der Waals surface area contributed by atoms with Gasteiger partial charge in [-0.2, -0.15) is 0 Å². The van der Waals surface area contributed by atoms with Crippen LogP contribution < -0.4 is 0 Å². The molecule has 0 aliphatic heterocycles. The Balaban J connectivity index is 1.74. The van der Waals surface area contributed by atoms with Gasteiger partial charge in [-0.25, -0.2) is 0 Å². The SMILES string of the molecule is c1ccc(-c2cc(-c3cccc4c3sc3ccccc34)ccn2)cc1. The summed E-state index contributed by atoms with van der Waals surface area (Å²) in [5.41, 5.74) is 4.65. The number of pyridine rings is 1. The van der Waals surface area contributed by atoms with Gasteiger partial charge in [-0.3, -0.25) is 4.98 Å². The Kier molecular flexibility index (Phi) is 3.36. The van der Waals surface area contributed by atoms with E-state index in [2.05, 4.69) is 83.8 Å². The first-order valence-electron chi connectivity index (χ1n) is 8.32. The lowest BCUT2D eigenvalue weighted by Crippen LogP contribution is -1.85. The van der Waals surface area contributed by atoms with Gasteiger partial charge in [0.15, 0.2) is 0 Å². The molecule has 25 heavy (non-hydrogen) atoms. The van der Waals surface area contributed by atoms with Crippen LogP contribution in [0, 0.1) is 0 Å². The van der Waals surface area contributed by atoms with Crippen molar-refractivity contribution in [3.63, 3.8) is 0 Å². The van der Waals surface area contributed by atoms with E-state index in [9.17, 15) is 0 Å². The first-order chi connectivity index (χ1) is 12.4. The number of hydrogen-bond donors (Lipinski definition) is 0. The summed E-state index contributed by atoms with van der Waals surface area (Å²) in [4.78, 5) is 4.56. The Hall–Kier alpha value is -2.97. The summed E-state index contributed by atoms with van der Waals surface area (Å²) in [6.45, 7) is 0. The van der Waals surface area contributed by atoms with Crippen molar-refractivity contribution >= 4 is 31.5 Å². The molecule has 3 aromatic carbocycles. The Morgan fingerprint density at radius 1 is 0.640 bits per heavy atom. The van der Waals surface area contributed by atoms with E-state index in [1.165, 1.54) is 31.3 Å². The molecule has 2 heterocycles. The molecule has 2 heteroatoms. The van der Waals surface area contributed by atoms with Gasteiger partial charge in [-0.15, -0.1) is 11.3 Å². The standard InChI is InChI=1S/C23H15NS/c1-2-7-16(8-3-1)21-15-17(13-14-24-21)18-10-6-11-20-19-9-4-5-12-22(19)25-23(18)20/h1-15H. The molecule has 0 aliphatic carbocycles. The van der Waals surface area contributed by atoms with E-state index in [1.807, 2.05) is 23.6 Å². The Morgan fingerprint density at radius 2 is 1.44 bits per heavy atom. The van der Waals surface area contributed by atoms with Gasteiger partial charge >= 0.3 is 0 Å². The van der Waals surface area contributed by atoms with Gasteiger partial charge < -0.3 is 0 Å². The zero-order valence-corrected chi connectivity index (χ0v) is 14.3. The molecule has 5 aromatic rings. The molecule has 0 aliphatic rings.